The van der Waals surface area contributed by atoms with Crippen LogP contribution in [-0.4, -0.2) is 24.3 Å². The van der Waals surface area contributed by atoms with Crippen molar-refractivity contribution in [2.24, 2.45) is 5.73 Å². The average Bonchev–Trinajstić information content (AvgIpc) is 3.30. The van der Waals surface area contributed by atoms with Gasteiger partial charge in [-0.25, -0.2) is 22.2 Å². The van der Waals surface area contributed by atoms with Crippen LogP contribution in [0.2, 0.25) is 10.0 Å². The first-order chi connectivity index (χ1) is 18.0. The van der Waals surface area contributed by atoms with Gasteiger partial charge in [-0.15, -0.1) is 0 Å². The summed E-state index contributed by atoms with van der Waals surface area (Å²) < 4.78 is 56.5. The molecular formula is C26H16Cl2F2N4O3S. The summed E-state index contributed by atoms with van der Waals surface area (Å²) in [7, 11) is -4.51. The standard InChI is InChI=1S/C26H16Cl2F2N4O3S/c27-17-8-5-13(11-16(17)26-32-20-3-1-2-4-21(20)33-26)23-22(10-7-15(24(23)28)25(31)35)38(36,37)34-19-9-6-14(29)12-18(19)30/h1-12,34H,(H2,31,35)(H,32,33). The van der Waals surface area contributed by atoms with Crippen LogP contribution in [-0.2, 0) is 10.0 Å². The second kappa shape index (κ2) is 9.71. The summed E-state index contributed by atoms with van der Waals surface area (Å²) in [5, 5.41) is 0.0729. The molecule has 0 saturated carbocycles. The van der Waals surface area contributed by atoms with Crippen LogP contribution < -0.4 is 10.5 Å². The minimum absolute atomic E-state index is 0.0768. The summed E-state index contributed by atoms with van der Waals surface area (Å²) in [6.45, 7) is 0. The van der Waals surface area contributed by atoms with Gasteiger partial charge in [0.25, 0.3) is 10.0 Å². The van der Waals surface area contributed by atoms with Crippen molar-refractivity contribution >= 4 is 55.9 Å². The molecule has 0 bridgehead atoms. The van der Waals surface area contributed by atoms with Gasteiger partial charge >= 0.3 is 0 Å². The van der Waals surface area contributed by atoms with Gasteiger partial charge < -0.3 is 10.7 Å². The minimum atomic E-state index is -4.51. The number of fused-ring (bicyclic) bond motifs is 1. The molecule has 7 nitrogen and oxygen atoms in total. The number of nitrogens with two attached hydrogens (primary N) is 1. The number of sulfonamides is 1. The zero-order valence-corrected chi connectivity index (χ0v) is 21.4. The number of aromatic nitrogens is 2. The third-order valence-corrected chi connectivity index (χ3v) is 7.86. The molecule has 5 aromatic rings. The highest BCUT2D eigenvalue weighted by atomic mass is 35.5. The van der Waals surface area contributed by atoms with Gasteiger partial charge in [0, 0.05) is 17.2 Å². The number of anilines is 1. The zero-order valence-electron chi connectivity index (χ0n) is 19.1. The molecule has 5 rings (SSSR count). The van der Waals surface area contributed by atoms with Gasteiger partial charge in [0.1, 0.15) is 17.5 Å². The van der Waals surface area contributed by atoms with Crippen molar-refractivity contribution in [2.45, 2.75) is 4.90 Å². The molecule has 1 heterocycles. The highest BCUT2D eigenvalue weighted by Crippen LogP contribution is 2.40. The van der Waals surface area contributed by atoms with E-state index in [9.17, 15) is 22.0 Å². The largest absolute Gasteiger partial charge is 0.366 e. The van der Waals surface area contributed by atoms with Crippen LogP contribution in [0.25, 0.3) is 33.5 Å². The van der Waals surface area contributed by atoms with E-state index in [0.717, 1.165) is 29.8 Å². The minimum Gasteiger partial charge on any atom is -0.366 e. The molecular weight excluding hydrogens is 557 g/mol. The summed E-state index contributed by atoms with van der Waals surface area (Å²) in [6.07, 6.45) is 0. The number of H-pyrrole nitrogens is 1. The van der Waals surface area contributed by atoms with Crippen molar-refractivity contribution in [3.05, 3.63) is 100 Å². The number of halogens is 4. The van der Waals surface area contributed by atoms with Crippen molar-refractivity contribution < 1.29 is 22.0 Å². The Balaban J connectivity index is 1.70. The Hall–Kier alpha value is -3.99. The van der Waals surface area contributed by atoms with Crippen molar-refractivity contribution in [2.75, 3.05) is 4.72 Å². The molecule has 12 heteroatoms. The SMILES string of the molecule is NC(=O)c1ccc(S(=O)(=O)Nc2ccc(F)cc2F)c(-c2ccc(Cl)c(-c3nc4ccccc4[nH]3)c2)c1Cl. The van der Waals surface area contributed by atoms with E-state index in [1.165, 1.54) is 12.1 Å². The second-order valence-corrected chi connectivity index (χ2v) is 10.6. The van der Waals surface area contributed by atoms with Crippen molar-refractivity contribution in [3.63, 3.8) is 0 Å². The summed E-state index contributed by atoms with van der Waals surface area (Å²) in [6, 6.07) is 16.6. The number of nitrogens with zero attached hydrogens (tertiary/aromatic N) is 1. The van der Waals surface area contributed by atoms with E-state index in [0.29, 0.717) is 28.0 Å². The fourth-order valence-corrected chi connectivity index (χ4v) is 5.89. The molecule has 0 radical (unpaired) electrons. The smallest absolute Gasteiger partial charge is 0.262 e. The van der Waals surface area contributed by atoms with Gasteiger partial charge in [-0.2, -0.15) is 0 Å². The lowest BCUT2D eigenvalue weighted by molar-refractivity contribution is 0.100. The molecule has 0 fully saturated rings. The van der Waals surface area contributed by atoms with Gasteiger partial charge in [-0.1, -0.05) is 41.4 Å². The number of amides is 1. The Morgan fingerprint density at radius 2 is 1.74 bits per heavy atom. The summed E-state index contributed by atoms with van der Waals surface area (Å²) in [4.78, 5) is 19.3. The number of rotatable bonds is 6. The number of carbonyl (C=O) groups excluding carboxylic acids is 1. The maximum atomic E-state index is 14.3. The molecule has 0 spiro atoms. The molecule has 0 unspecified atom stereocenters. The monoisotopic (exact) mass is 572 g/mol. The number of para-hydroxylation sites is 2. The van der Waals surface area contributed by atoms with E-state index in [1.807, 2.05) is 24.3 Å². The number of imidazole rings is 1. The molecule has 1 amide bonds. The predicted molar refractivity (Wildman–Crippen MR) is 143 cm³/mol. The molecule has 0 aliphatic heterocycles. The average molecular weight is 573 g/mol. The lowest BCUT2D eigenvalue weighted by Gasteiger charge is -2.17. The van der Waals surface area contributed by atoms with E-state index in [4.69, 9.17) is 28.9 Å². The number of hydrogen-bond acceptors (Lipinski definition) is 4. The first-order valence-corrected chi connectivity index (χ1v) is 13.1. The molecule has 0 atom stereocenters. The predicted octanol–water partition coefficient (Wildman–Crippen LogP) is 6.38. The zero-order chi connectivity index (χ0) is 27.2. The fourth-order valence-electron chi connectivity index (χ4n) is 3.96. The van der Waals surface area contributed by atoms with E-state index in [-0.39, 0.29) is 26.6 Å². The number of aromatic amines is 1. The maximum absolute atomic E-state index is 14.3. The Labute approximate surface area is 225 Å². The van der Waals surface area contributed by atoms with E-state index < -0.39 is 33.3 Å². The van der Waals surface area contributed by atoms with E-state index >= 15 is 0 Å². The lowest BCUT2D eigenvalue weighted by atomic mass is 10.00. The van der Waals surface area contributed by atoms with Gasteiger partial charge in [0.2, 0.25) is 5.91 Å². The van der Waals surface area contributed by atoms with Crippen LogP contribution in [0.1, 0.15) is 10.4 Å². The lowest BCUT2D eigenvalue weighted by Crippen LogP contribution is -2.17. The molecule has 1 aromatic heterocycles. The quantitative estimate of drug-likeness (QED) is 0.218. The molecule has 0 aliphatic carbocycles. The van der Waals surface area contributed by atoms with Crippen molar-refractivity contribution in [1.29, 1.82) is 0 Å². The fraction of sp³-hybridized carbons (Fsp3) is 0. The second-order valence-electron chi connectivity index (χ2n) is 8.19. The molecule has 192 valence electrons. The van der Waals surface area contributed by atoms with Crippen LogP contribution in [0.5, 0.6) is 0 Å². The van der Waals surface area contributed by atoms with Gasteiger partial charge in [0.15, 0.2) is 0 Å². The molecule has 38 heavy (non-hydrogen) atoms. The molecule has 4 aromatic carbocycles. The Kier molecular flexibility index (Phi) is 6.56. The van der Waals surface area contributed by atoms with Crippen LogP contribution in [0.4, 0.5) is 14.5 Å². The Morgan fingerprint density at radius 1 is 0.974 bits per heavy atom. The number of benzene rings is 4. The summed E-state index contributed by atoms with van der Waals surface area (Å²) >= 11 is 13.0. The number of carbonyl (C=O) groups is 1. The normalized spacial score (nSPS) is 11.6. The molecule has 4 N–H and O–H groups in total. The van der Waals surface area contributed by atoms with Crippen LogP contribution in [0.15, 0.2) is 77.7 Å². The van der Waals surface area contributed by atoms with Crippen molar-refractivity contribution in [1.82, 2.24) is 9.97 Å². The maximum Gasteiger partial charge on any atom is 0.262 e. The Morgan fingerprint density at radius 3 is 2.45 bits per heavy atom. The van der Waals surface area contributed by atoms with E-state index in [1.54, 1.807) is 6.07 Å². The van der Waals surface area contributed by atoms with Crippen LogP contribution >= 0.6 is 23.2 Å². The topological polar surface area (TPSA) is 118 Å². The van der Waals surface area contributed by atoms with Gasteiger partial charge in [-0.3, -0.25) is 9.52 Å². The van der Waals surface area contributed by atoms with Crippen LogP contribution in [0, 0.1) is 11.6 Å². The molecule has 0 saturated heterocycles. The third-order valence-electron chi connectivity index (χ3n) is 5.73. The van der Waals surface area contributed by atoms with Gasteiger partial charge in [-0.05, 0) is 54.1 Å². The third kappa shape index (κ3) is 4.69. The van der Waals surface area contributed by atoms with Crippen LogP contribution in [0.3, 0.4) is 0 Å². The molecule has 0 aliphatic rings. The highest BCUT2D eigenvalue weighted by molar-refractivity contribution is 7.92. The van der Waals surface area contributed by atoms with Gasteiger partial charge in [0.05, 0.1) is 37.2 Å². The summed E-state index contributed by atoms with van der Waals surface area (Å²) in [5.74, 6) is -2.46. The first-order valence-electron chi connectivity index (χ1n) is 10.9. The number of primary amides is 1. The van der Waals surface area contributed by atoms with Crippen molar-refractivity contribution in [3.8, 4) is 22.5 Å². The summed E-state index contributed by atoms with van der Waals surface area (Å²) in [5.41, 5.74) is 6.91. The van der Waals surface area contributed by atoms with E-state index in [2.05, 4.69) is 14.7 Å². The number of hydrogen-bond donors (Lipinski definition) is 3. The Bertz CT molecular complexity index is 1830. The highest BCUT2D eigenvalue weighted by Gasteiger charge is 2.27. The number of nitrogens with one attached hydrogen (secondary N) is 2. The first kappa shape index (κ1) is 25.7.